The lowest BCUT2D eigenvalue weighted by molar-refractivity contribution is 0.125. The van der Waals surface area contributed by atoms with E-state index in [0.29, 0.717) is 35.4 Å². The summed E-state index contributed by atoms with van der Waals surface area (Å²) in [6, 6.07) is 10.3. The third-order valence-electron chi connectivity index (χ3n) is 7.52. The van der Waals surface area contributed by atoms with Crippen LogP contribution in [0.4, 0.5) is 10.5 Å². The molecule has 2 aromatic carbocycles. The minimum Gasteiger partial charge on any atom is -0.493 e. The number of halogens is 1. The molecule has 2 aliphatic rings. The van der Waals surface area contributed by atoms with Crippen LogP contribution in [0.25, 0.3) is 0 Å². The smallest absolute Gasteiger partial charge is 0.319 e. The molecule has 0 spiro atoms. The maximum atomic E-state index is 13.1. The normalized spacial score (nSPS) is 20.9. The largest absolute Gasteiger partial charge is 0.493 e. The number of hydrogen-bond donors (Lipinski definition) is 2. The molecular weight excluding hydrogens is 544 g/mol. The van der Waals surface area contributed by atoms with Crippen LogP contribution in [0.5, 0.6) is 17.2 Å². The summed E-state index contributed by atoms with van der Waals surface area (Å²) in [6.07, 6.45) is 4.20. The molecule has 0 saturated carbocycles. The monoisotopic (exact) mass is 580 g/mol. The van der Waals surface area contributed by atoms with Crippen molar-refractivity contribution in [2.24, 2.45) is 5.92 Å². The first-order valence-electron chi connectivity index (χ1n) is 12.9. The molecule has 214 valence electrons. The van der Waals surface area contributed by atoms with Gasteiger partial charge in [0.25, 0.3) is 0 Å². The first kappa shape index (κ1) is 29.3. The zero-order chi connectivity index (χ0) is 28.2. The molecule has 10 nitrogen and oxygen atoms in total. The van der Waals surface area contributed by atoms with Crippen molar-refractivity contribution in [3.63, 3.8) is 0 Å². The lowest BCUT2D eigenvalue weighted by Crippen LogP contribution is -2.54. The van der Waals surface area contributed by atoms with Gasteiger partial charge in [0.1, 0.15) is 0 Å². The van der Waals surface area contributed by atoms with Crippen LogP contribution >= 0.6 is 11.6 Å². The summed E-state index contributed by atoms with van der Waals surface area (Å²) in [5, 5.41) is 6.57. The van der Waals surface area contributed by atoms with Crippen LogP contribution in [-0.2, 0) is 16.4 Å². The Kier molecular flexibility index (Phi) is 9.47. The Morgan fingerprint density at radius 1 is 1.00 bits per heavy atom. The molecule has 39 heavy (non-hydrogen) atoms. The molecule has 12 heteroatoms. The second-order valence-corrected chi connectivity index (χ2v) is 12.5. The predicted octanol–water partition coefficient (Wildman–Crippen LogP) is 3.45. The molecule has 0 aromatic heterocycles. The Bertz CT molecular complexity index is 1230. The number of sulfonamides is 1. The van der Waals surface area contributed by atoms with Crippen molar-refractivity contribution in [3.05, 3.63) is 47.0 Å². The van der Waals surface area contributed by atoms with Crippen LogP contribution in [0.15, 0.2) is 36.4 Å². The number of rotatable bonds is 9. The van der Waals surface area contributed by atoms with Gasteiger partial charge < -0.3 is 24.8 Å². The van der Waals surface area contributed by atoms with Gasteiger partial charge in [-0.3, -0.25) is 4.90 Å². The first-order chi connectivity index (χ1) is 18.6. The zero-order valence-electron chi connectivity index (χ0n) is 22.8. The van der Waals surface area contributed by atoms with E-state index in [0.717, 1.165) is 37.4 Å². The lowest BCUT2D eigenvalue weighted by atomic mass is 9.89. The number of ether oxygens (including phenoxy) is 3. The maximum absolute atomic E-state index is 13.1. The van der Waals surface area contributed by atoms with E-state index in [1.165, 1.54) is 37.5 Å². The van der Waals surface area contributed by atoms with E-state index in [2.05, 4.69) is 27.7 Å². The summed E-state index contributed by atoms with van der Waals surface area (Å²) in [6.45, 7) is 2.24. The Morgan fingerprint density at radius 2 is 1.62 bits per heavy atom. The van der Waals surface area contributed by atoms with Gasteiger partial charge in [0.15, 0.2) is 11.5 Å². The van der Waals surface area contributed by atoms with E-state index in [-0.39, 0.29) is 18.6 Å². The quantitative estimate of drug-likeness (QED) is 0.467. The lowest BCUT2D eigenvalue weighted by Gasteiger charge is -2.38. The molecule has 2 atom stereocenters. The van der Waals surface area contributed by atoms with Crippen molar-refractivity contribution < 1.29 is 27.4 Å². The third kappa shape index (κ3) is 7.27. The number of hydrogen-bond acceptors (Lipinski definition) is 7. The fourth-order valence-electron chi connectivity index (χ4n) is 5.47. The molecule has 2 N–H and O–H groups in total. The van der Waals surface area contributed by atoms with Crippen LogP contribution in [0, 0.1) is 5.92 Å². The van der Waals surface area contributed by atoms with Gasteiger partial charge in [-0.2, -0.15) is 4.31 Å². The van der Waals surface area contributed by atoms with Gasteiger partial charge in [-0.05, 0) is 56.0 Å². The highest BCUT2D eigenvalue weighted by atomic mass is 35.5. The summed E-state index contributed by atoms with van der Waals surface area (Å²) < 4.78 is 42.3. The Morgan fingerprint density at radius 3 is 2.15 bits per heavy atom. The molecule has 0 aliphatic carbocycles. The van der Waals surface area contributed by atoms with Crippen LogP contribution in [0.2, 0.25) is 5.02 Å². The van der Waals surface area contributed by atoms with Crippen LogP contribution in [0.1, 0.15) is 18.4 Å². The second-order valence-electron chi connectivity index (χ2n) is 10.1. The highest BCUT2D eigenvalue weighted by molar-refractivity contribution is 7.88. The Labute approximate surface area is 235 Å². The number of amides is 2. The van der Waals surface area contributed by atoms with Crippen LogP contribution in [0.3, 0.4) is 0 Å². The van der Waals surface area contributed by atoms with Crippen molar-refractivity contribution in [2.75, 3.05) is 59.1 Å². The molecule has 2 amide bonds. The van der Waals surface area contributed by atoms with Crippen molar-refractivity contribution >= 4 is 33.3 Å². The number of anilines is 1. The topological polar surface area (TPSA) is 109 Å². The minimum absolute atomic E-state index is 0.123. The van der Waals surface area contributed by atoms with Crippen molar-refractivity contribution in [2.45, 2.75) is 31.3 Å². The molecule has 2 aromatic rings. The molecule has 4 rings (SSSR count). The standard InChI is InChI=1S/C27H37ClN4O6S/c1-36-24-14-21(15-25(37-2)26(24)38-3)29-27(33)30-22-16-32(39(4,34)35)17-23(22)31-11-9-19(10-12-31)13-18-5-7-20(28)8-6-18/h5-8,14-15,19,22-23H,9-13,16-17H2,1-4H3,(H2,29,30,33)/t22-,23-/m0/s1. The average Bonchev–Trinajstić information content (AvgIpc) is 3.34. The molecule has 0 unspecified atom stereocenters. The fraction of sp³-hybridized carbons (Fsp3) is 0.519. The van der Waals surface area contributed by atoms with E-state index < -0.39 is 16.1 Å². The summed E-state index contributed by atoms with van der Waals surface area (Å²) in [5.74, 6) is 1.79. The van der Waals surface area contributed by atoms with Gasteiger partial charge in [-0.1, -0.05) is 23.7 Å². The number of nitrogens with one attached hydrogen (secondary N) is 2. The number of piperidine rings is 1. The van der Waals surface area contributed by atoms with Gasteiger partial charge in [0.05, 0.1) is 39.3 Å². The molecule has 0 radical (unpaired) electrons. The number of carbonyl (C=O) groups excluding carboxylic acids is 1. The van der Waals surface area contributed by atoms with Crippen molar-refractivity contribution in [1.29, 1.82) is 0 Å². The molecular formula is C27H37ClN4O6S. The van der Waals surface area contributed by atoms with E-state index >= 15 is 0 Å². The predicted molar refractivity (Wildman–Crippen MR) is 152 cm³/mol. The number of carbonyl (C=O) groups is 1. The molecule has 2 heterocycles. The second kappa shape index (κ2) is 12.6. The van der Waals surface area contributed by atoms with Crippen molar-refractivity contribution in [3.8, 4) is 17.2 Å². The van der Waals surface area contributed by atoms with E-state index in [1.54, 1.807) is 12.1 Å². The minimum atomic E-state index is -3.41. The summed E-state index contributed by atoms with van der Waals surface area (Å²) in [5.41, 5.74) is 1.73. The molecule has 0 bridgehead atoms. The van der Waals surface area contributed by atoms with Gasteiger partial charge in [-0.25, -0.2) is 13.2 Å². The number of nitrogens with zero attached hydrogens (tertiary/aromatic N) is 2. The SMILES string of the molecule is COc1cc(NC(=O)N[C@H]2CN(S(C)(=O)=O)C[C@@H]2N2CCC(Cc3ccc(Cl)cc3)CC2)cc(OC)c1OC. The van der Waals surface area contributed by atoms with Crippen LogP contribution < -0.4 is 24.8 Å². The van der Waals surface area contributed by atoms with Gasteiger partial charge in [-0.15, -0.1) is 0 Å². The maximum Gasteiger partial charge on any atom is 0.319 e. The van der Waals surface area contributed by atoms with Gasteiger partial charge >= 0.3 is 6.03 Å². The Hall–Kier alpha value is -2.73. The fourth-order valence-corrected chi connectivity index (χ4v) is 6.45. The number of likely N-dealkylation sites (tertiary alicyclic amines) is 1. The molecule has 2 fully saturated rings. The van der Waals surface area contributed by atoms with Crippen molar-refractivity contribution in [1.82, 2.24) is 14.5 Å². The molecule has 2 aliphatic heterocycles. The van der Waals surface area contributed by atoms with Crippen LogP contribution in [-0.4, -0.2) is 89.5 Å². The number of urea groups is 1. The average molecular weight is 581 g/mol. The van der Waals surface area contributed by atoms with Gasteiger partial charge in [0.2, 0.25) is 15.8 Å². The summed E-state index contributed by atoms with van der Waals surface area (Å²) in [7, 11) is 1.11. The zero-order valence-corrected chi connectivity index (χ0v) is 24.3. The van der Waals surface area contributed by atoms with E-state index in [1.807, 2.05) is 12.1 Å². The highest BCUT2D eigenvalue weighted by Gasteiger charge is 2.42. The first-order valence-corrected chi connectivity index (χ1v) is 15.1. The summed E-state index contributed by atoms with van der Waals surface area (Å²) in [4.78, 5) is 15.4. The number of benzene rings is 2. The molecule has 2 saturated heterocycles. The number of methoxy groups -OCH3 is 3. The third-order valence-corrected chi connectivity index (χ3v) is 9.01. The Balaban J connectivity index is 1.42. The van der Waals surface area contributed by atoms with Gasteiger partial charge in [0, 0.05) is 36.3 Å². The van der Waals surface area contributed by atoms with E-state index in [9.17, 15) is 13.2 Å². The highest BCUT2D eigenvalue weighted by Crippen LogP contribution is 2.40. The summed E-state index contributed by atoms with van der Waals surface area (Å²) >= 11 is 6.02. The van der Waals surface area contributed by atoms with E-state index in [4.69, 9.17) is 25.8 Å².